The quantitative estimate of drug-likeness (QED) is 0.843. The molecule has 0 bridgehead atoms. The molecule has 2 atom stereocenters. The van der Waals surface area contributed by atoms with Crippen molar-refractivity contribution in [3.8, 4) is 0 Å². The van der Waals surface area contributed by atoms with Crippen LogP contribution in [0.2, 0.25) is 0 Å². The van der Waals surface area contributed by atoms with Crippen molar-refractivity contribution in [2.45, 2.75) is 51.2 Å². The fourth-order valence-corrected chi connectivity index (χ4v) is 3.08. The number of allylic oxidation sites excluding steroid dienone is 1. The number of rotatable bonds is 2. The molecule has 20 heavy (non-hydrogen) atoms. The van der Waals surface area contributed by atoms with Gasteiger partial charge in [0.25, 0.3) is 0 Å². The van der Waals surface area contributed by atoms with E-state index in [0.717, 1.165) is 31.3 Å². The van der Waals surface area contributed by atoms with E-state index >= 15 is 0 Å². The van der Waals surface area contributed by atoms with Crippen molar-refractivity contribution in [2.24, 2.45) is 0 Å². The third kappa shape index (κ3) is 3.27. The summed E-state index contributed by atoms with van der Waals surface area (Å²) >= 11 is 0. The van der Waals surface area contributed by atoms with Gasteiger partial charge in [0, 0.05) is 19.1 Å². The number of aryl methyl sites for hydroxylation is 1. The first-order valence-corrected chi connectivity index (χ1v) is 7.74. The van der Waals surface area contributed by atoms with Gasteiger partial charge in [0.05, 0.1) is 6.61 Å². The molecule has 1 saturated heterocycles. The molecule has 1 aromatic heterocycles. The molecule has 5 nitrogen and oxygen atoms in total. The average molecular weight is 276 g/mol. The lowest BCUT2D eigenvalue weighted by Gasteiger charge is -2.36. The molecule has 2 heterocycles. The van der Waals surface area contributed by atoms with Crippen molar-refractivity contribution in [2.75, 3.05) is 19.7 Å². The molecule has 5 heteroatoms. The maximum atomic E-state index is 5.84. The van der Waals surface area contributed by atoms with Crippen LogP contribution in [0.25, 0.3) is 0 Å². The van der Waals surface area contributed by atoms with Crippen LogP contribution in [0, 0.1) is 6.92 Å². The summed E-state index contributed by atoms with van der Waals surface area (Å²) in [5.74, 6) is 1.65. The molecule has 1 fully saturated rings. The van der Waals surface area contributed by atoms with Crippen molar-refractivity contribution in [1.29, 1.82) is 0 Å². The van der Waals surface area contributed by atoms with Crippen LogP contribution in [-0.4, -0.2) is 45.8 Å². The van der Waals surface area contributed by atoms with E-state index in [1.165, 1.54) is 32.1 Å². The molecule has 0 amide bonds. The molecule has 0 aromatic carbocycles. The highest BCUT2D eigenvalue weighted by Gasteiger charge is 2.28. The Morgan fingerprint density at radius 2 is 2.30 bits per heavy atom. The standard InChI is InChI=1S/C15H24N4O/c1-12-16-15(18-17-12)14-11-19(9-10-20-14)13-7-5-3-2-4-6-8-13/h5,7,13-14H,2-4,6,8-11H2,1H3,(H,16,17,18). The molecule has 0 radical (unpaired) electrons. The van der Waals surface area contributed by atoms with Crippen molar-refractivity contribution in [3.05, 3.63) is 23.8 Å². The van der Waals surface area contributed by atoms with E-state index in [-0.39, 0.29) is 6.10 Å². The molecule has 2 aliphatic rings. The zero-order valence-corrected chi connectivity index (χ0v) is 12.2. The predicted octanol–water partition coefficient (Wildman–Crippen LogP) is 2.38. The van der Waals surface area contributed by atoms with Gasteiger partial charge in [0.2, 0.25) is 0 Å². The Hall–Kier alpha value is -1.20. The summed E-state index contributed by atoms with van der Waals surface area (Å²) in [6.07, 6.45) is 11.3. The average Bonchev–Trinajstić information content (AvgIpc) is 2.85. The third-order valence-electron chi connectivity index (χ3n) is 4.20. The van der Waals surface area contributed by atoms with Gasteiger partial charge in [0.15, 0.2) is 5.82 Å². The van der Waals surface area contributed by atoms with Gasteiger partial charge in [-0.3, -0.25) is 10.00 Å². The second-order valence-corrected chi connectivity index (χ2v) is 5.77. The second kappa shape index (κ2) is 6.50. The lowest BCUT2D eigenvalue weighted by molar-refractivity contribution is -0.0440. The highest BCUT2D eigenvalue weighted by atomic mass is 16.5. The summed E-state index contributed by atoms with van der Waals surface area (Å²) in [5.41, 5.74) is 0. The van der Waals surface area contributed by atoms with E-state index in [1.807, 2.05) is 6.92 Å². The summed E-state index contributed by atoms with van der Waals surface area (Å²) in [4.78, 5) is 6.94. The van der Waals surface area contributed by atoms with Crippen LogP contribution in [0.3, 0.4) is 0 Å². The normalized spacial score (nSPS) is 29.1. The van der Waals surface area contributed by atoms with Crippen LogP contribution in [0.15, 0.2) is 12.2 Å². The van der Waals surface area contributed by atoms with Crippen LogP contribution in [-0.2, 0) is 4.74 Å². The Morgan fingerprint density at radius 3 is 3.15 bits per heavy atom. The maximum Gasteiger partial charge on any atom is 0.180 e. The van der Waals surface area contributed by atoms with Gasteiger partial charge in [-0.25, -0.2) is 4.98 Å². The molecular weight excluding hydrogens is 252 g/mol. The summed E-state index contributed by atoms with van der Waals surface area (Å²) in [5, 5.41) is 7.15. The molecule has 0 saturated carbocycles. The minimum absolute atomic E-state index is 0.00698. The van der Waals surface area contributed by atoms with Crippen LogP contribution in [0.4, 0.5) is 0 Å². The number of morpholine rings is 1. The summed E-state index contributed by atoms with van der Waals surface area (Å²) < 4.78 is 5.84. The van der Waals surface area contributed by atoms with E-state index in [1.54, 1.807) is 0 Å². The lowest BCUT2D eigenvalue weighted by atomic mass is 10.0. The zero-order valence-electron chi connectivity index (χ0n) is 12.2. The van der Waals surface area contributed by atoms with Gasteiger partial charge in [-0.15, -0.1) is 0 Å². The molecule has 1 aromatic rings. The van der Waals surface area contributed by atoms with Gasteiger partial charge >= 0.3 is 0 Å². The van der Waals surface area contributed by atoms with Crippen LogP contribution >= 0.6 is 0 Å². The lowest BCUT2D eigenvalue weighted by Crippen LogP contribution is -2.44. The third-order valence-corrected chi connectivity index (χ3v) is 4.20. The smallest absolute Gasteiger partial charge is 0.180 e. The Morgan fingerprint density at radius 1 is 1.35 bits per heavy atom. The van der Waals surface area contributed by atoms with Gasteiger partial charge in [-0.05, 0) is 26.2 Å². The Balaban J connectivity index is 1.66. The minimum Gasteiger partial charge on any atom is -0.367 e. The first-order chi connectivity index (χ1) is 9.83. The Bertz CT molecular complexity index is 456. The molecule has 1 aliphatic carbocycles. The fourth-order valence-electron chi connectivity index (χ4n) is 3.08. The van der Waals surface area contributed by atoms with E-state index in [0.29, 0.717) is 6.04 Å². The predicted molar refractivity (Wildman–Crippen MR) is 77.4 cm³/mol. The fraction of sp³-hybridized carbons (Fsp3) is 0.733. The van der Waals surface area contributed by atoms with Crippen LogP contribution in [0.1, 0.15) is 49.9 Å². The maximum absolute atomic E-state index is 5.84. The van der Waals surface area contributed by atoms with Crippen LogP contribution in [0.5, 0.6) is 0 Å². The number of nitrogens with zero attached hydrogens (tertiary/aromatic N) is 3. The van der Waals surface area contributed by atoms with E-state index in [9.17, 15) is 0 Å². The first-order valence-electron chi connectivity index (χ1n) is 7.74. The molecule has 1 N–H and O–H groups in total. The highest BCUT2D eigenvalue weighted by molar-refractivity contribution is 5.00. The van der Waals surface area contributed by atoms with E-state index < -0.39 is 0 Å². The van der Waals surface area contributed by atoms with Crippen molar-refractivity contribution >= 4 is 0 Å². The summed E-state index contributed by atoms with van der Waals surface area (Å²) in [6, 6.07) is 0.557. The molecule has 3 rings (SSSR count). The van der Waals surface area contributed by atoms with Gasteiger partial charge in [0.1, 0.15) is 11.9 Å². The number of aromatic amines is 1. The molecule has 1 aliphatic heterocycles. The van der Waals surface area contributed by atoms with Crippen molar-refractivity contribution < 1.29 is 4.74 Å². The van der Waals surface area contributed by atoms with Gasteiger partial charge < -0.3 is 4.74 Å². The number of nitrogens with one attached hydrogen (secondary N) is 1. The molecule has 2 unspecified atom stereocenters. The van der Waals surface area contributed by atoms with E-state index in [2.05, 4.69) is 32.2 Å². The van der Waals surface area contributed by atoms with E-state index in [4.69, 9.17) is 4.74 Å². The van der Waals surface area contributed by atoms with Crippen molar-refractivity contribution in [1.82, 2.24) is 20.1 Å². The number of ether oxygens (including phenoxy) is 1. The zero-order chi connectivity index (χ0) is 13.8. The van der Waals surface area contributed by atoms with Crippen LogP contribution < -0.4 is 0 Å². The minimum atomic E-state index is 0.00698. The first kappa shape index (κ1) is 13.8. The molecule has 110 valence electrons. The Kier molecular flexibility index (Phi) is 4.47. The largest absolute Gasteiger partial charge is 0.367 e. The highest BCUT2D eigenvalue weighted by Crippen LogP contribution is 2.24. The number of hydrogen-bond donors (Lipinski definition) is 1. The SMILES string of the molecule is Cc1nc(C2CN(C3C=CCCCCC3)CCO2)n[nH]1. The summed E-state index contributed by atoms with van der Waals surface area (Å²) in [6.45, 7) is 4.60. The summed E-state index contributed by atoms with van der Waals surface area (Å²) in [7, 11) is 0. The number of hydrogen-bond acceptors (Lipinski definition) is 4. The topological polar surface area (TPSA) is 54.0 Å². The number of H-pyrrole nitrogens is 1. The second-order valence-electron chi connectivity index (χ2n) is 5.77. The Labute approximate surface area is 120 Å². The van der Waals surface area contributed by atoms with Crippen molar-refractivity contribution in [3.63, 3.8) is 0 Å². The van der Waals surface area contributed by atoms with Gasteiger partial charge in [-0.1, -0.05) is 25.0 Å². The monoisotopic (exact) mass is 276 g/mol. The number of aromatic nitrogens is 3. The van der Waals surface area contributed by atoms with Gasteiger partial charge in [-0.2, -0.15) is 5.10 Å². The molecule has 0 spiro atoms. The molecular formula is C15H24N4O.